The predicted molar refractivity (Wildman–Crippen MR) is 70.7 cm³/mol. The van der Waals surface area contributed by atoms with E-state index in [1.807, 2.05) is 12.1 Å². The van der Waals surface area contributed by atoms with Crippen molar-refractivity contribution in [3.8, 4) is 11.8 Å². The van der Waals surface area contributed by atoms with E-state index in [4.69, 9.17) is 0 Å². The lowest BCUT2D eigenvalue weighted by atomic mass is 9.86. The Balaban J connectivity index is 2.76. The summed E-state index contributed by atoms with van der Waals surface area (Å²) in [5.74, 6) is 5.92. The monoisotopic (exact) mass is 229 g/mol. The third-order valence-corrected chi connectivity index (χ3v) is 2.39. The molecule has 1 N–H and O–H groups in total. The van der Waals surface area contributed by atoms with Crippen LogP contribution in [-0.2, 0) is 10.2 Å². The molecule has 17 heavy (non-hydrogen) atoms. The molecule has 1 amide bonds. The van der Waals surface area contributed by atoms with Crippen LogP contribution in [0.25, 0.3) is 0 Å². The first-order chi connectivity index (χ1) is 7.89. The molecule has 0 radical (unpaired) electrons. The van der Waals surface area contributed by atoms with E-state index >= 15 is 0 Å². The van der Waals surface area contributed by atoms with Crippen molar-refractivity contribution in [2.45, 2.75) is 33.1 Å². The maximum atomic E-state index is 10.7. The van der Waals surface area contributed by atoms with Gasteiger partial charge in [-0.2, -0.15) is 0 Å². The molecule has 0 aliphatic carbocycles. The van der Waals surface area contributed by atoms with Crippen LogP contribution >= 0.6 is 0 Å². The summed E-state index contributed by atoms with van der Waals surface area (Å²) < 4.78 is 0. The average Bonchev–Trinajstić information content (AvgIpc) is 2.23. The van der Waals surface area contributed by atoms with Crippen molar-refractivity contribution >= 4 is 5.91 Å². The van der Waals surface area contributed by atoms with Gasteiger partial charge in [-0.25, -0.2) is 0 Å². The van der Waals surface area contributed by atoms with Crippen LogP contribution < -0.4 is 5.32 Å². The first-order valence-electron chi connectivity index (χ1n) is 5.73. The molecule has 0 aromatic heterocycles. The Morgan fingerprint density at radius 3 is 2.65 bits per heavy atom. The van der Waals surface area contributed by atoms with Gasteiger partial charge in [0, 0.05) is 12.5 Å². The Morgan fingerprint density at radius 2 is 2.06 bits per heavy atom. The van der Waals surface area contributed by atoms with Crippen molar-refractivity contribution in [3.05, 3.63) is 35.4 Å². The molecule has 2 nitrogen and oxygen atoms in total. The summed E-state index contributed by atoms with van der Waals surface area (Å²) >= 11 is 0. The van der Waals surface area contributed by atoms with Gasteiger partial charge in [0.2, 0.25) is 5.91 Å². The molecule has 0 heterocycles. The van der Waals surface area contributed by atoms with Gasteiger partial charge >= 0.3 is 0 Å². The lowest BCUT2D eigenvalue weighted by molar-refractivity contribution is -0.118. The summed E-state index contributed by atoms with van der Waals surface area (Å²) in [5.41, 5.74) is 2.39. The Bertz CT molecular complexity index is 458. The van der Waals surface area contributed by atoms with Gasteiger partial charge in [0.15, 0.2) is 0 Å². The molecular formula is C15H19NO. The van der Waals surface area contributed by atoms with Crippen LogP contribution in [0, 0.1) is 11.8 Å². The van der Waals surface area contributed by atoms with E-state index in [0.29, 0.717) is 6.54 Å². The maximum Gasteiger partial charge on any atom is 0.217 e. The zero-order valence-corrected chi connectivity index (χ0v) is 10.9. The molecule has 0 atom stereocenters. The standard InChI is InChI=1S/C15H19NO/c1-12(17)16-10-6-8-13-7-5-9-14(11-13)15(2,3)4/h5,7,9,11H,10H2,1-4H3,(H,16,17). The minimum absolute atomic E-state index is 0.0530. The van der Waals surface area contributed by atoms with Gasteiger partial charge < -0.3 is 5.32 Å². The number of hydrogen-bond acceptors (Lipinski definition) is 1. The number of hydrogen-bond donors (Lipinski definition) is 1. The van der Waals surface area contributed by atoms with Gasteiger partial charge in [-0.05, 0) is 23.1 Å². The third-order valence-electron chi connectivity index (χ3n) is 2.39. The van der Waals surface area contributed by atoms with E-state index < -0.39 is 0 Å². The molecule has 0 saturated carbocycles. The second kappa shape index (κ2) is 5.54. The summed E-state index contributed by atoms with van der Waals surface area (Å²) in [5, 5.41) is 2.65. The van der Waals surface area contributed by atoms with Gasteiger partial charge in [-0.3, -0.25) is 4.79 Å². The van der Waals surface area contributed by atoms with Crippen molar-refractivity contribution in [3.63, 3.8) is 0 Å². The van der Waals surface area contributed by atoms with Gasteiger partial charge in [0.1, 0.15) is 0 Å². The van der Waals surface area contributed by atoms with E-state index in [1.165, 1.54) is 12.5 Å². The van der Waals surface area contributed by atoms with Crippen LogP contribution in [0.3, 0.4) is 0 Å². The lowest BCUT2D eigenvalue weighted by Crippen LogP contribution is -2.19. The lowest BCUT2D eigenvalue weighted by Gasteiger charge is -2.18. The highest BCUT2D eigenvalue weighted by Crippen LogP contribution is 2.22. The molecule has 0 spiro atoms. The van der Waals surface area contributed by atoms with Crippen molar-refractivity contribution in [1.29, 1.82) is 0 Å². The highest BCUT2D eigenvalue weighted by molar-refractivity contribution is 5.73. The molecule has 0 bridgehead atoms. The fraction of sp³-hybridized carbons (Fsp3) is 0.400. The Hall–Kier alpha value is -1.75. The Labute approximate surface area is 103 Å². The van der Waals surface area contributed by atoms with E-state index in [1.54, 1.807) is 0 Å². The third kappa shape index (κ3) is 4.74. The molecule has 0 saturated heterocycles. The highest BCUT2D eigenvalue weighted by atomic mass is 16.1. The van der Waals surface area contributed by atoms with E-state index in [9.17, 15) is 4.79 Å². The van der Waals surface area contributed by atoms with E-state index in [2.05, 4.69) is 50.1 Å². The van der Waals surface area contributed by atoms with Crippen LogP contribution in [0.5, 0.6) is 0 Å². The first-order valence-corrected chi connectivity index (χ1v) is 5.73. The summed E-state index contributed by atoms with van der Waals surface area (Å²) in [7, 11) is 0. The van der Waals surface area contributed by atoms with Crippen LogP contribution in [0.4, 0.5) is 0 Å². The van der Waals surface area contributed by atoms with Crippen molar-refractivity contribution in [1.82, 2.24) is 5.32 Å². The Kier molecular flexibility index (Phi) is 4.34. The normalized spacial score (nSPS) is 10.4. The van der Waals surface area contributed by atoms with Gasteiger partial charge in [0.25, 0.3) is 0 Å². The quantitative estimate of drug-likeness (QED) is 0.736. The molecule has 0 aliphatic heterocycles. The van der Waals surface area contributed by atoms with Crippen LogP contribution in [-0.4, -0.2) is 12.5 Å². The molecule has 0 unspecified atom stereocenters. The highest BCUT2D eigenvalue weighted by Gasteiger charge is 2.12. The fourth-order valence-corrected chi connectivity index (χ4v) is 1.38. The van der Waals surface area contributed by atoms with Gasteiger partial charge in [0.05, 0.1) is 6.54 Å². The molecule has 0 fully saturated rings. The van der Waals surface area contributed by atoms with E-state index in [0.717, 1.165) is 5.56 Å². The number of nitrogens with one attached hydrogen (secondary N) is 1. The van der Waals surface area contributed by atoms with Crippen molar-refractivity contribution < 1.29 is 4.79 Å². The smallest absolute Gasteiger partial charge is 0.217 e. The number of benzene rings is 1. The first kappa shape index (κ1) is 13.3. The molecule has 1 aromatic rings. The predicted octanol–water partition coefficient (Wildman–Crippen LogP) is 2.47. The summed E-state index contributed by atoms with van der Waals surface area (Å²) in [6.45, 7) is 8.42. The van der Waals surface area contributed by atoms with Crippen LogP contribution in [0.2, 0.25) is 0 Å². The molecule has 1 aromatic carbocycles. The average molecular weight is 229 g/mol. The second-order valence-corrected chi connectivity index (χ2v) is 5.04. The summed E-state index contributed by atoms with van der Waals surface area (Å²) in [6.07, 6.45) is 0. The zero-order chi connectivity index (χ0) is 12.9. The second-order valence-electron chi connectivity index (χ2n) is 5.04. The number of carbonyl (C=O) groups is 1. The number of rotatable bonds is 1. The maximum absolute atomic E-state index is 10.7. The van der Waals surface area contributed by atoms with E-state index in [-0.39, 0.29) is 11.3 Å². The van der Waals surface area contributed by atoms with Crippen molar-refractivity contribution in [2.75, 3.05) is 6.54 Å². The number of amides is 1. The molecule has 0 aliphatic rings. The zero-order valence-electron chi connectivity index (χ0n) is 10.9. The van der Waals surface area contributed by atoms with Crippen LogP contribution in [0.15, 0.2) is 24.3 Å². The van der Waals surface area contributed by atoms with Crippen LogP contribution in [0.1, 0.15) is 38.8 Å². The minimum atomic E-state index is -0.0530. The molecular weight excluding hydrogens is 210 g/mol. The van der Waals surface area contributed by atoms with Gasteiger partial charge in [-0.1, -0.05) is 44.7 Å². The largest absolute Gasteiger partial charge is 0.345 e. The summed E-state index contributed by atoms with van der Waals surface area (Å²) in [6, 6.07) is 8.21. The number of carbonyl (C=O) groups excluding carboxylic acids is 1. The fourth-order valence-electron chi connectivity index (χ4n) is 1.38. The van der Waals surface area contributed by atoms with Gasteiger partial charge in [-0.15, -0.1) is 0 Å². The molecule has 1 rings (SSSR count). The minimum Gasteiger partial charge on any atom is -0.345 e. The molecule has 2 heteroatoms. The SMILES string of the molecule is CC(=O)NCC#Cc1cccc(C(C)(C)C)c1. The summed E-state index contributed by atoms with van der Waals surface area (Å²) in [4.78, 5) is 10.7. The Morgan fingerprint density at radius 1 is 1.35 bits per heavy atom. The molecule has 90 valence electrons. The van der Waals surface area contributed by atoms with Crippen molar-refractivity contribution in [2.24, 2.45) is 0 Å². The topological polar surface area (TPSA) is 29.1 Å².